The highest BCUT2D eigenvalue weighted by Crippen LogP contribution is 2.21. The Morgan fingerprint density at radius 2 is 2.06 bits per heavy atom. The number of aryl methyl sites for hydroxylation is 2. The molecule has 0 aliphatic carbocycles. The van der Waals surface area contributed by atoms with Gasteiger partial charge in [-0.15, -0.1) is 0 Å². The van der Waals surface area contributed by atoms with E-state index < -0.39 is 0 Å². The predicted molar refractivity (Wildman–Crippen MR) is 61.5 cm³/mol. The summed E-state index contributed by atoms with van der Waals surface area (Å²) < 4.78 is 10.8. The van der Waals surface area contributed by atoms with Crippen molar-refractivity contribution >= 4 is 0 Å². The van der Waals surface area contributed by atoms with Crippen molar-refractivity contribution in [3.63, 3.8) is 0 Å². The van der Waals surface area contributed by atoms with Gasteiger partial charge in [-0.2, -0.15) is 0 Å². The molecule has 0 aliphatic heterocycles. The Bertz CT molecular complexity index is 488. The highest BCUT2D eigenvalue weighted by Gasteiger charge is 2.04. The summed E-state index contributed by atoms with van der Waals surface area (Å²) in [6.07, 6.45) is 0. The molecule has 0 N–H and O–H groups in total. The summed E-state index contributed by atoms with van der Waals surface area (Å²) in [6, 6.07) is 7.90. The Labute approximate surface area is 95.0 Å². The van der Waals surface area contributed by atoms with Gasteiger partial charge in [-0.1, -0.05) is 17.3 Å². The average molecular weight is 217 g/mol. The van der Waals surface area contributed by atoms with E-state index >= 15 is 0 Å². The number of nitrogens with zero attached hydrogens (tertiary/aromatic N) is 1. The first-order valence-electron chi connectivity index (χ1n) is 5.28. The van der Waals surface area contributed by atoms with Crippen molar-refractivity contribution in [2.75, 3.05) is 0 Å². The van der Waals surface area contributed by atoms with Crippen LogP contribution >= 0.6 is 0 Å². The van der Waals surface area contributed by atoms with E-state index in [0.717, 1.165) is 17.2 Å². The molecule has 0 fully saturated rings. The zero-order valence-corrected chi connectivity index (χ0v) is 9.78. The molecule has 0 saturated heterocycles. The van der Waals surface area contributed by atoms with Gasteiger partial charge in [0.15, 0.2) is 5.76 Å². The third-order valence-electron chi connectivity index (χ3n) is 2.60. The molecule has 0 unspecified atom stereocenters. The van der Waals surface area contributed by atoms with Gasteiger partial charge < -0.3 is 9.26 Å². The molecule has 0 saturated carbocycles. The number of benzene rings is 1. The highest BCUT2D eigenvalue weighted by atomic mass is 16.5. The second-order valence-electron chi connectivity index (χ2n) is 3.92. The van der Waals surface area contributed by atoms with Gasteiger partial charge in [-0.05, 0) is 38.0 Å². The Morgan fingerprint density at radius 3 is 2.75 bits per heavy atom. The van der Waals surface area contributed by atoms with Crippen LogP contribution in [0.5, 0.6) is 5.75 Å². The summed E-state index contributed by atoms with van der Waals surface area (Å²) in [5, 5.41) is 3.81. The lowest BCUT2D eigenvalue weighted by molar-refractivity contribution is 0.247. The van der Waals surface area contributed by atoms with Crippen LogP contribution in [0.3, 0.4) is 0 Å². The third-order valence-corrected chi connectivity index (χ3v) is 2.60. The van der Waals surface area contributed by atoms with E-state index in [1.807, 2.05) is 25.1 Å². The smallest absolute Gasteiger partial charge is 0.174 e. The lowest BCUT2D eigenvalue weighted by Crippen LogP contribution is -1.96. The van der Waals surface area contributed by atoms with Gasteiger partial charge in [0.1, 0.15) is 12.4 Å². The van der Waals surface area contributed by atoms with E-state index in [1.54, 1.807) is 0 Å². The molecule has 84 valence electrons. The van der Waals surface area contributed by atoms with Gasteiger partial charge in [0.05, 0.1) is 5.69 Å². The summed E-state index contributed by atoms with van der Waals surface area (Å²) in [6.45, 7) is 6.44. The standard InChI is InChI=1S/C13H15NO2/c1-9-5-4-6-13(11(9)3)15-8-12-7-10(2)14-16-12/h4-7H,8H2,1-3H3. The van der Waals surface area contributed by atoms with Crippen LogP contribution < -0.4 is 4.74 Å². The second kappa shape index (κ2) is 4.39. The van der Waals surface area contributed by atoms with Crippen LogP contribution in [0.1, 0.15) is 22.6 Å². The molecule has 0 atom stereocenters. The number of rotatable bonds is 3. The maximum Gasteiger partial charge on any atom is 0.174 e. The van der Waals surface area contributed by atoms with Crippen LogP contribution in [0.4, 0.5) is 0 Å². The van der Waals surface area contributed by atoms with Crippen LogP contribution in [-0.4, -0.2) is 5.16 Å². The highest BCUT2D eigenvalue weighted by molar-refractivity contribution is 5.38. The minimum Gasteiger partial charge on any atom is -0.485 e. The first-order chi connectivity index (χ1) is 7.66. The van der Waals surface area contributed by atoms with E-state index in [4.69, 9.17) is 9.26 Å². The third kappa shape index (κ3) is 2.24. The monoisotopic (exact) mass is 217 g/mol. The number of hydrogen-bond donors (Lipinski definition) is 0. The molecule has 1 aromatic carbocycles. The maximum absolute atomic E-state index is 5.68. The van der Waals surface area contributed by atoms with E-state index in [9.17, 15) is 0 Å². The van der Waals surface area contributed by atoms with Gasteiger partial charge in [0, 0.05) is 6.07 Å². The van der Waals surface area contributed by atoms with E-state index in [0.29, 0.717) is 6.61 Å². The van der Waals surface area contributed by atoms with Crippen molar-refractivity contribution in [2.24, 2.45) is 0 Å². The molecule has 0 amide bonds. The van der Waals surface area contributed by atoms with Crippen molar-refractivity contribution < 1.29 is 9.26 Å². The Morgan fingerprint density at radius 1 is 1.25 bits per heavy atom. The van der Waals surface area contributed by atoms with Crippen LogP contribution in [-0.2, 0) is 6.61 Å². The van der Waals surface area contributed by atoms with Crippen LogP contribution in [0.25, 0.3) is 0 Å². The zero-order chi connectivity index (χ0) is 11.5. The first kappa shape index (κ1) is 10.7. The molecule has 1 heterocycles. The van der Waals surface area contributed by atoms with E-state index in [2.05, 4.69) is 25.1 Å². The number of ether oxygens (including phenoxy) is 1. The zero-order valence-electron chi connectivity index (χ0n) is 9.78. The fourth-order valence-corrected chi connectivity index (χ4v) is 1.51. The molecule has 2 rings (SSSR count). The Balaban J connectivity index is 2.07. The molecule has 0 radical (unpaired) electrons. The van der Waals surface area contributed by atoms with Crippen molar-refractivity contribution in [1.29, 1.82) is 0 Å². The Hall–Kier alpha value is -1.77. The predicted octanol–water partition coefficient (Wildman–Crippen LogP) is 3.18. The largest absolute Gasteiger partial charge is 0.485 e. The molecule has 0 aliphatic rings. The molecular weight excluding hydrogens is 202 g/mol. The van der Waals surface area contributed by atoms with Gasteiger partial charge >= 0.3 is 0 Å². The first-order valence-corrected chi connectivity index (χ1v) is 5.28. The van der Waals surface area contributed by atoms with E-state index in [-0.39, 0.29) is 0 Å². The van der Waals surface area contributed by atoms with Crippen molar-refractivity contribution in [1.82, 2.24) is 5.16 Å². The van der Waals surface area contributed by atoms with Gasteiger partial charge in [-0.3, -0.25) is 0 Å². The normalized spacial score (nSPS) is 10.4. The molecule has 3 nitrogen and oxygen atoms in total. The molecule has 16 heavy (non-hydrogen) atoms. The summed E-state index contributed by atoms with van der Waals surface area (Å²) in [5.74, 6) is 1.65. The molecule has 0 spiro atoms. The molecule has 3 heteroatoms. The Kier molecular flexibility index (Phi) is 2.95. The van der Waals surface area contributed by atoms with Crippen molar-refractivity contribution in [3.8, 4) is 5.75 Å². The topological polar surface area (TPSA) is 35.3 Å². The minimum absolute atomic E-state index is 0.422. The summed E-state index contributed by atoms with van der Waals surface area (Å²) >= 11 is 0. The number of aromatic nitrogens is 1. The van der Waals surface area contributed by atoms with Gasteiger partial charge in [-0.25, -0.2) is 0 Å². The maximum atomic E-state index is 5.68. The molecule has 2 aromatic rings. The quantitative estimate of drug-likeness (QED) is 0.792. The lowest BCUT2D eigenvalue weighted by atomic mass is 10.1. The molecular formula is C13H15NO2. The van der Waals surface area contributed by atoms with E-state index in [1.165, 1.54) is 11.1 Å². The van der Waals surface area contributed by atoms with Crippen LogP contribution in [0.15, 0.2) is 28.8 Å². The SMILES string of the molecule is Cc1cc(COc2cccc(C)c2C)on1. The van der Waals surface area contributed by atoms with Crippen LogP contribution in [0, 0.1) is 20.8 Å². The molecule has 0 bridgehead atoms. The molecule has 1 aromatic heterocycles. The minimum atomic E-state index is 0.422. The lowest BCUT2D eigenvalue weighted by Gasteiger charge is -2.08. The summed E-state index contributed by atoms with van der Waals surface area (Å²) in [5.41, 5.74) is 3.27. The fourth-order valence-electron chi connectivity index (χ4n) is 1.51. The number of hydrogen-bond acceptors (Lipinski definition) is 3. The van der Waals surface area contributed by atoms with Crippen LogP contribution in [0.2, 0.25) is 0 Å². The van der Waals surface area contributed by atoms with Crippen molar-refractivity contribution in [3.05, 3.63) is 46.8 Å². The van der Waals surface area contributed by atoms with Gasteiger partial charge in [0.25, 0.3) is 0 Å². The fraction of sp³-hybridized carbons (Fsp3) is 0.308. The van der Waals surface area contributed by atoms with Gasteiger partial charge in [0.2, 0.25) is 0 Å². The second-order valence-corrected chi connectivity index (χ2v) is 3.92. The van der Waals surface area contributed by atoms with Crippen molar-refractivity contribution in [2.45, 2.75) is 27.4 Å². The summed E-state index contributed by atoms with van der Waals surface area (Å²) in [7, 11) is 0. The summed E-state index contributed by atoms with van der Waals surface area (Å²) in [4.78, 5) is 0. The average Bonchev–Trinajstić information content (AvgIpc) is 2.67.